The summed E-state index contributed by atoms with van der Waals surface area (Å²) in [5.41, 5.74) is 2.49. The van der Waals surface area contributed by atoms with Crippen LogP contribution in [-0.4, -0.2) is 35.8 Å². The van der Waals surface area contributed by atoms with Crippen LogP contribution in [0.2, 0.25) is 5.02 Å². The van der Waals surface area contributed by atoms with Crippen molar-refractivity contribution in [1.82, 2.24) is 4.90 Å². The normalized spacial score (nSPS) is 14.7. The van der Waals surface area contributed by atoms with Gasteiger partial charge in [-0.15, -0.1) is 12.4 Å². The highest BCUT2D eigenvalue weighted by Crippen LogP contribution is 2.23. The Morgan fingerprint density at radius 2 is 1.68 bits per heavy atom. The van der Waals surface area contributed by atoms with E-state index in [0.29, 0.717) is 23.9 Å². The van der Waals surface area contributed by atoms with Crippen LogP contribution in [0, 0.1) is 5.92 Å². The van der Waals surface area contributed by atoms with Gasteiger partial charge in [-0.25, -0.2) is 0 Å². The molecule has 0 atom stereocenters. The van der Waals surface area contributed by atoms with Crippen molar-refractivity contribution in [2.75, 3.05) is 23.7 Å². The van der Waals surface area contributed by atoms with Gasteiger partial charge >= 0.3 is 0 Å². The molecule has 0 aliphatic carbocycles. The van der Waals surface area contributed by atoms with Crippen molar-refractivity contribution in [2.24, 2.45) is 5.92 Å². The Morgan fingerprint density at radius 3 is 2.32 bits per heavy atom. The van der Waals surface area contributed by atoms with Crippen LogP contribution in [0.5, 0.6) is 0 Å². The fourth-order valence-electron chi connectivity index (χ4n) is 3.78. The van der Waals surface area contributed by atoms with Gasteiger partial charge in [-0.3, -0.25) is 9.59 Å². The van der Waals surface area contributed by atoms with Gasteiger partial charge in [0.15, 0.2) is 0 Å². The molecule has 0 bridgehead atoms. The molecule has 3 rings (SSSR count). The van der Waals surface area contributed by atoms with Crippen molar-refractivity contribution < 1.29 is 9.59 Å². The third-order valence-electron chi connectivity index (χ3n) is 5.66. The number of carbonyl (C=O) groups excluding carboxylic acids is 2. The van der Waals surface area contributed by atoms with Crippen LogP contribution in [0.4, 0.5) is 11.4 Å². The number of hydrogen-bond acceptors (Lipinski definition) is 3. The molecule has 1 aliphatic rings. The molecule has 0 unspecified atom stereocenters. The summed E-state index contributed by atoms with van der Waals surface area (Å²) in [6.45, 7) is 6.31. The Balaban J connectivity index is 0.00000341. The molecule has 1 aliphatic heterocycles. The van der Waals surface area contributed by atoms with Crippen LogP contribution < -0.4 is 10.6 Å². The number of aryl methyl sites for hydroxylation is 1. The number of piperidine rings is 1. The SMILES string of the molecule is CC(C)N1CCC(C(=O)Nc2ccccc2CCC(=O)Nc2ccc(Cl)cc2)CC1.Cl. The predicted octanol–water partition coefficient (Wildman–Crippen LogP) is 5.39. The number of rotatable bonds is 7. The summed E-state index contributed by atoms with van der Waals surface area (Å²) in [5, 5.41) is 6.61. The van der Waals surface area contributed by atoms with E-state index in [9.17, 15) is 9.59 Å². The maximum atomic E-state index is 12.8. The van der Waals surface area contributed by atoms with Crippen LogP contribution in [0.25, 0.3) is 0 Å². The molecule has 31 heavy (non-hydrogen) atoms. The van der Waals surface area contributed by atoms with Crippen LogP contribution in [-0.2, 0) is 16.0 Å². The van der Waals surface area contributed by atoms with E-state index in [2.05, 4.69) is 29.4 Å². The lowest BCUT2D eigenvalue weighted by Gasteiger charge is -2.34. The third-order valence-corrected chi connectivity index (χ3v) is 5.91. The minimum Gasteiger partial charge on any atom is -0.326 e. The summed E-state index contributed by atoms with van der Waals surface area (Å²) in [6.07, 6.45) is 2.66. The highest BCUT2D eigenvalue weighted by Gasteiger charge is 2.26. The number of para-hydroxylation sites is 1. The third kappa shape index (κ3) is 7.53. The van der Waals surface area contributed by atoms with E-state index in [1.807, 2.05) is 24.3 Å². The number of nitrogens with zero attached hydrogens (tertiary/aromatic N) is 1. The van der Waals surface area contributed by atoms with E-state index >= 15 is 0 Å². The largest absolute Gasteiger partial charge is 0.326 e. The number of amides is 2. The fourth-order valence-corrected chi connectivity index (χ4v) is 3.90. The molecule has 0 radical (unpaired) electrons. The molecule has 0 saturated carbocycles. The lowest BCUT2D eigenvalue weighted by atomic mass is 9.94. The monoisotopic (exact) mass is 463 g/mol. The minimum atomic E-state index is -0.0699. The Bertz CT molecular complexity index is 863. The van der Waals surface area contributed by atoms with Crippen molar-refractivity contribution in [2.45, 2.75) is 45.6 Å². The number of carbonyl (C=O) groups is 2. The quantitative estimate of drug-likeness (QED) is 0.578. The predicted molar refractivity (Wildman–Crippen MR) is 130 cm³/mol. The van der Waals surface area contributed by atoms with Crippen molar-refractivity contribution in [3.63, 3.8) is 0 Å². The topological polar surface area (TPSA) is 61.4 Å². The molecule has 2 amide bonds. The smallest absolute Gasteiger partial charge is 0.227 e. The molecule has 2 aromatic carbocycles. The first kappa shape index (κ1) is 25.2. The zero-order valence-electron chi connectivity index (χ0n) is 18.1. The first-order valence-electron chi connectivity index (χ1n) is 10.6. The van der Waals surface area contributed by atoms with E-state index < -0.39 is 0 Å². The summed E-state index contributed by atoms with van der Waals surface area (Å²) in [6, 6.07) is 15.3. The number of hydrogen-bond donors (Lipinski definition) is 2. The summed E-state index contributed by atoms with van der Waals surface area (Å²) in [4.78, 5) is 27.5. The molecule has 7 heteroatoms. The Morgan fingerprint density at radius 1 is 1.03 bits per heavy atom. The van der Waals surface area contributed by atoms with Gasteiger partial charge in [-0.1, -0.05) is 29.8 Å². The molecule has 1 saturated heterocycles. The number of nitrogens with one attached hydrogen (secondary N) is 2. The average Bonchev–Trinajstić information content (AvgIpc) is 2.75. The average molecular weight is 464 g/mol. The second-order valence-electron chi connectivity index (χ2n) is 8.11. The van der Waals surface area contributed by atoms with Gasteiger partial charge in [0.2, 0.25) is 11.8 Å². The van der Waals surface area contributed by atoms with Gasteiger partial charge in [0.1, 0.15) is 0 Å². The zero-order chi connectivity index (χ0) is 21.5. The van der Waals surface area contributed by atoms with Crippen LogP contribution in [0.15, 0.2) is 48.5 Å². The second kappa shape index (κ2) is 12.1. The number of halogens is 2. The standard InChI is InChI=1S/C24H30ClN3O2.ClH/c1-17(2)28-15-13-19(14-16-28)24(30)27-22-6-4-3-5-18(22)7-12-23(29)26-21-10-8-20(25)9-11-21;/h3-6,8-11,17,19H,7,12-16H2,1-2H3,(H,26,29)(H,27,30);1H. The Kier molecular flexibility index (Phi) is 9.82. The van der Waals surface area contributed by atoms with Gasteiger partial charge in [-0.05, 0) is 82.1 Å². The molecule has 168 valence electrons. The summed E-state index contributed by atoms with van der Waals surface area (Å²) >= 11 is 5.88. The van der Waals surface area contributed by atoms with Crippen molar-refractivity contribution >= 4 is 47.2 Å². The van der Waals surface area contributed by atoms with Gasteiger partial charge < -0.3 is 15.5 Å². The number of benzene rings is 2. The first-order chi connectivity index (χ1) is 14.4. The lowest BCUT2D eigenvalue weighted by Crippen LogP contribution is -2.41. The number of likely N-dealkylation sites (tertiary alicyclic amines) is 1. The van der Waals surface area contributed by atoms with Gasteiger partial charge in [0.05, 0.1) is 0 Å². The molecule has 0 aromatic heterocycles. The van der Waals surface area contributed by atoms with E-state index in [1.54, 1.807) is 24.3 Å². The van der Waals surface area contributed by atoms with E-state index in [-0.39, 0.29) is 30.1 Å². The molecular weight excluding hydrogens is 433 g/mol. The zero-order valence-corrected chi connectivity index (χ0v) is 19.6. The van der Waals surface area contributed by atoms with Gasteiger partial charge in [0.25, 0.3) is 0 Å². The molecule has 2 aromatic rings. The highest BCUT2D eigenvalue weighted by molar-refractivity contribution is 6.30. The van der Waals surface area contributed by atoms with Gasteiger partial charge in [0, 0.05) is 34.8 Å². The van der Waals surface area contributed by atoms with E-state index in [0.717, 1.165) is 42.9 Å². The maximum absolute atomic E-state index is 12.8. The Labute approximate surface area is 196 Å². The van der Waals surface area contributed by atoms with Crippen molar-refractivity contribution in [1.29, 1.82) is 0 Å². The van der Waals surface area contributed by atoms with E-state index in [4.69, 9.17) is 11.6 Å². The molecule has 0 spiro atoms. The van der Waals surface area contributed by atoms with E-state index in [1.165, 1.54) is 0 Å². The highest BCUT2D eigenvalue weighted by atomic mass is 35.5. The summed E-state index contributed by atoms with van der Waals surface area (Å²) in [7, 11) is 0. The fraction of sp³-hybridized carbons (Fsp3) is 0.417. The lowest BCUT2D eigenvalue weighted by molar-refractivity contribution is -0.121. The van der Waals surface area contributed by atoms with Gasteiger partial charge in [-0.2, -0.15) is 0 Å². The summed E-state index contributed by atoms with van der Waals surface area (Å²) < 4.78 is 0. The van der Waals surface area contributed by atoms with Crippen molar-refractivity contribution in [3.8, 4) is 0 Å². The molecular formula is C24H31Cl2N3O2. The Hall–Kier alpha value is -2.08. The van der Waals surface area contributed by atoms with Crippen LogP contribution in [0.3, 0.4) is 0 Å². The molecule has 1 heterocycles. The maximum Gasteiger partial charge on any atom is 0.227 e. The minimum absolute atomic E-state index is 0. The van der Waals surface area contributed by atoms with Crippen LogP contribution >= 0.6 is 24.0 Å². The van der Waals surface area contributed by atoms with Crippen molar-refractivity contribution in [3.05, 3.63) is 59.1 Å². The number of anilines is 2. The van der Waals surface area contributed by atoms with Crippen LogP contribution in [0.1, 0.15) is 38.7 Å². The molecule has 2 N–H and O–H groups in total. The first-order valence-corrected chi connectivity index (χ1v) is 11.0. The summed E-state index contributed by atoms with van der Waals surface area (Å²) in [5.74, 6) is 0.0530. The molecule has 1 fully saturated rings. The second-order valence-corrected chi connectivity index (χ2v) is 8.54. The molecule has 5 nitrogen and oxygen atoms in total.